The van der Waals surface area contributed by atoms with Crippen molar-refractivity contribution in [1.29, 1.82) is 0 Å². The highest BCUT2D eigenvalue weighted by molar-refractivity contribution is 5.80. The van der Waals surface area contributed by atoms with Crippen molar-refractivity contribution >= 4 is 11.9 Å². The van der Waals surface area contributed by atoms with Crippen LogP contribution in [0.2, 0.25) is 0 Å². The van der Waals surface area contributed by atoms with Gasteiger partial charge in [-0.25, -0.2) is 4.79 Å². The number of esters is 2. The van der Waals surface area contributed by atoms with Crippen LogP contribution in [0, 0.1) is 11.3 Å². The Morgan fingerprint density at radius 1 is 1.00 bits per heavy atom. The predicted molar refractivity (Wildman–Crippen MR) is 82.1 cm³/mol. The van der Waals surface area contributed by atoms with E-state index in [0.29, 0.717) is 0 Å². The Bertz CT molecular complexity index is 405. The molecule has 0 aliphatic rings. The van der Waals surface area contributed by atoms with Crippen molar-refractivity contribution in [3.8, 4) is 0 Å². The number of carbonyl (C=O) groups is 2. The Hall–Kier alpha value is -1.14. The summed E-state index contributed by atoms with van der Waals surface area (Å²) in [7, 11) is 0. The second-order valence-corrected chi connectivity index (χ2v) is 7.43. The third kappa shape index (κ3) is 5.25. The largest absolute Gasteiger partial charge is 0.456 e. The van der Waals surface area contributed by atoms with Gasteiger partial charge < -0.3 is 19.7 Å². The van der Waals surface area contributed by atoms with Gasteiger partial charge in [-0.2, -0.15) is 0 Å². The molecule has 0 aliphatic carbocycles. The predicted octanol–water partition coefficient (Wildman–Crippen LogP) is 1.67. The molecule has 2 unspecified atom stereocenters. The van der Waals surface area contributed by atoms with E-state index in [1.807, 2.05) is 0 Å². The van der Waals surface area contributed by atoms with Crippen molar-refractivity contribution in [2.45, 2.75) is 72.7 Å². The molecule has 6 heteroatoms. The molecule has 0 rings (SSSR count). The van der Waals surface area contributed by atoms with E-state index in [0.717, 1.165) is 0 Å². The first-order chi connectivity index (χ1) is 9.65. The minimum atomic E-state index is -1.24. The first-order valence-electron chi connectivity index (χ1n) is 7.42. The van der Waals surface area contributed by atoms with Gasteiger partial charge in [0.25, 0.3) is 0 Å². The van der Waals surface area contributed by atoms with Gasteiger partial charge >= 0.3 is 11.9 Å². The van der Waals surface area contributed by atoms with E-state index in [-0.39, 0.29) is 6.61 Å². The molecule has 0 aromatic rings. The zero-order chi connectivity index (χ0) is 17.9. The van der Waals surface area contributed by atoms with Gasteiger partial charge in [0.15, 0.2) is 6.10 Å². The highest BCUT2D eigenvalue weighted by atomic mass is 16.6. The van der Waals surface area contributed by atoms with E-state index in [1.54, 1.807) is 27.7 Å². The number of hydrogen-bond acceptors (Lipinski definition) is 6. The van der Waals surface area contributed by atoms with Crippen molar-refractivity contribution in [2.75, 3.05) is 6.61 Å². The smallest absolute Gasteiger partial charge is 0.347 e. The van der Waals surface area contributed by atoms with Crippen LogP contribution in [0.3, 0.4) is 0 Å². The summed E-state index contributed by atoms with van der Waals surface area (Å²) in [6.45, 7) is 12.7. The maximum atomic E-state index is 12.1. The zero-order valence-electron chi connectivity index (χ0n) is 14.9. The van der Waals surface area contributed by atoms with Crippen LogP contribution in [-0.2, 0) is 19.1 Å². The molecule has 130 valence electrons. The lowest BCUT2D eigenvalue weighted by atomic mass is 9.78. The van der Waals surface area contributed by atoms with Crippen LogP contribution in [0.5, 0.6) is 0 Å². The summed E-state index contributed by atoms with van der Waals surface area (Å²) < 4.78 is 10.4. The average molecular weight is 318 g/mol. The number of aliphatic hydroxyl groups is 2. The second kappa shape index (κ2) is 6.96. The topological polar surface area (TPSA) is 93.1 Å². The second-order valence-electron chi connectivity index (χ2n) is 7.43. The van der Waals surface area contributed by atoms with Gasteiger partial charge in [0.05, 0.1) is 18.1 Å². The van der Waals surface area contributed by atoms with Gasteiger partial charge in [-0.15, -0.1) is 0 Å². The molecule has 0 bridgehead atoms. The van der Waals surface area contributed by atoms with E-state index in [4.69, 9.17) is 9.47 Å². The summed E-state index contributed by atoms with van der Waals surface area (Å²) in [5.74, 6) is -2.14. The molecule has 0 fully saturated rings. The van der Waals surface area contributed by atoms with Gasteiger partial charge in [-0.3, -0.25) is 4.79 Å². The van der Waals surface area contributed by atoms with Gasteiger partial charge in [0.1, 0.15) is 5.60 Å². The molecule has 0 aromatic carbocycles. The fourth-order valence-electron chi connectivity index (χ4n) is 1.28. The molecule has 0 aliphatic heterocycles. The van der Waals surface area contributed by atoms with Crippen LogP contribution in [0.15, 0.2) is 0 Å². The normalized spacial score (nSPS) is 15.9. The van der Waals surface area contributed by atoms with E-state index in [1.165, 1.54) is 27.7 Å². The fourth-order valence-corrected chi connectivity index (χ4v) is 1.28. The number of aliphatic hydroxyl groups excluding tert-OH is 1. The third-order valence-electron chi connectivity index (χ3n) is 4.42. The van der Waals surface area contributed by atoms with E-state index >= 15 is 0 Å². The summed E-state index contributed by atoms with van der Waals surface area (Å²) in [6, 6.07) is 0. The van der Waals surface area contributed by atoms with Crippen LogP contribution in [0.1, 0.15) is 55.4 Å². The van der Waals surface area contributed by atoms with Gasteiger partial charge in [0, 0.05) is 5.41 Å². The van der Waals surface area contributed by atoms with Crippen LogP contribution in [-0.4, -0.2) is 46.1 Å². The molecular formula is C16H30O6. The Kier molecular flexibility index (Phi) is 6.60. The van der Waals surface area contributed by atoms with E-state index < -0.39 is 40.6 Å². The molecule has 0 radical (unpaired) electrons. The van der Waals surface area contributed by atoms with Crippen LogP contribution < -0.4 is 0 Å². The summed E-state index contributed by atoms with van der Waals surface area (Å²) in [4.78, 5) is 24.0. The minimum absolute atomic E-state index is 0.156. The number of rotatable bonds is 7. The summed E-state index contributed by atoms with van der Waals surface area (Å²) in [5.41, 5.74) is -2.81. The lowest BCUT2D eigenvalue weighted by Gasteiger charge is -2.40. The molecule has 0 amide bonds. The van der Waals surface area contributed by atoms with E-state index in [9.17, 15) is 19.8 Å². The molecule has 2 atom stereocenters. The van der Waals surface area contributed by atoms with Crippen molar-refractivity contribution in [2.24, 2.45) is 11.3 Å². The number of ether oxygens (including phenoxy) is 2. The fraction of sp³-hybridized carbons (Fsp3) is 0.875. The first kappa shape index (κ1) is 20.9. The van der Waals surface area contributed by atoms with Gasteiger partial charge in [-0.05, 0) is 41.5 Å². The Balaban J connectivity index is 4.80. The Morgan fingerprint density at radius 3 is 1.82 bits per heavy atom. The average Bonchev–Trinajstić information content (AvgIpc) is 2.35. The molecule has 0 aromatic heterocycles. The molecule has 0 spiro atoms. The maximum absolute atomic E-state index is 12.1. The Morgan fingerprint density at radius 2 is 1.45 bits per heavy atom. The molecular weight excluding hydrogens is 288 g/mol. The third-order valence-corrected chi connectivity index (χ3v) is 4.42. The summed E-state index contributed by atoms with van der Waals surface area (Å²) in [6.07, 6.45) is -1.09. The summed E-state index contributed by atoms with van der Waals surface area (Å²) in [5, 5.41) is 19.2. The highest BCUT2D eigenvalue weighted by Gasteiger charge is 2.41. The van der Waals surface area contributed by atoms with Gasteiger partial charge in [0.2, 0.25) is 0 Å². The molecule has 2 N–H and O–H groups in total. The monoisotopic (exact) mass is 318 g/mol. The van der Waals surface area contributed by atoms with Crippen molar-refractivity contribution in [3.05, 3.63) is 0 Å². The Labute approximate surface area is 132 Å². The molecule has 6 nitrogen and oxygen atoms in total. The SMILES string of the molecule is CC(OC(=O)C(C)C(C)(C)O)C(=O)OC(C)(C)C(C)(C)CO. The van der Waals surface area contributed by atoms with Crippen LogP contribution in [0.4, 0.5) is 0 Å². The lowest BCUT2D eigenvalue weighted by Crippen LogP contribution is -2.47. The van der Waals surface area contributed by atoms with Crippen LogP contribution >= 0.6 is 0 Å². The quantitative estimate of drug-likeness (QED) is 0.694. The molecule has 0 heterocycles. The molecule has 22 heavy (non-hydrogen) atoms. The zero-order valence-corrected chi connectivity index (χ0v) is 14.9. The van der Waals surface area contributed by atoms with Crippen molar-refractivity contribution in [1.82, 2.24) is 0 Å². The standard InChI is InChI=1S/C16H30O6/c1-10(15(5,6)20)12(18)21-11(2)13(19)22-16(7,8)14(3,4)9-17/h10-11,17,20H,9H2,1-8H3. The number of carbonyl (C=O) groups excluding carboxylic acids is 2. The van der Waals surface area contributed by atoms with Crippen molar-refractivity contribution in [3.63, 3.8) is 0 Å². The first-order valence-corrected chi connectivity index (χ1v) is 7.42. The van der Waals surface area contributed by atoms with E-state index in [2.05, 4.69) is 0 Å². The molecule has 0 saturated carbocycles. The highest BCUT2D eigenvalue weighted by Crippen LogP contribution is 2.33. The van der Waals surface area contributed by atoms with Crippen molar-refractivity contribution < 1.29 is 29.3 Å². The molecule has 0 saturated heterocycles. The maximum Gasteiger partial charge on any atom is 0.347 e. The summed E-state index contributed by atoms with van der Waals surface area (Å²) >= 11 is 0. The number of hydrogen-bond donors (Lipinski definition) is 2. The lowest BCUT2D eigenvalue weighted by molar-refractivity contribution is -0.189. The minimum Gasteiger partial charge on any atom is -0.456 e. The van der Waals surface area contributed by atoms with Crippen LogP contribution in [0.25, 0.3) is 0 Å². The van der Waals surface area contributed by atoms with Gasteiger partial charge in [-0.1, -0.05) is 13.8 Å².